The number of halogens is 2. The molecule has 1 nitrogen and oxygen atoms in total. The van der Waals surface area contributed by atoms with Gasteiger partial charge in [0, 0.05) is 12.5 Å². The summed E-state index contributed by atoms with van der Waals surface area (Å²) in [5, 5.41) is 0. The van der Waals surface area contributed by atoms with Gasteiger partial charge < -0.3 is 0 Å². The number of hydrogen-bond donors (Lipinski definition) is 0. The fourth-order valence-electron chi connectivity index (χ4n) is 2.84. The van der Waals surface area contributed by atoms with E-state index in [9.17, 15) is 13.6 Å². The van der Waals surface area contributed by atoms with Crippen LogP contribution in [0.25, 0.3) is 0 Å². The van der Waals surface area contributed by atoms with E-state index in [-0.39, 0.29) is 0 Å². The Morgan fingerprint density at radius 3 is 2.12 bits per heavy atom. The first-order valence-corrected chi connectivity index (χ1v) is 5.93. The van der Waals surface area contributed by atoms with Crippen molar-refractivity contribution in [3.63, 3.8) is 0 Å². The van der Waals surface area contributed by atoms with Gasteiger partial charge in [0.05, 0.1) is 5.41 Å². The van der Waals surface area contributed by atoms with Crippen LogP contribution < -0.4 is 0 Å². The Bertz CT molecular complexity index is 397. The van der Waals surface area contributed by atoms with E-state index in [0.29, 0.717) is 24.0 Å². The second-order valence-electron chi connectivity index (χ2n) is 4.92. The number of carbonyl (C=O) groups excluding carboxylic acids is 1. The predicted molar refractivity (Wildman–Crippen MR) is 62.6 cm³/mol. The summed E-state index contributed by atoms with van der Waals surface area (Å²) in [5.74, 6) is -2.72. The fraction of sp³-hybridized carbons (Fsp3) is 0.500. The molecule has 0 heterocycles. The molecule has 0 atom stereocenters. The Balaban J connectivity index is 2.42. The highest BCUT2D eigenvalue weighted by Gasteiger charge is 2.52. The molecule has 0 radical (unpaired) electrons. The van der Waals surface area contributed by atoms with E-state index in [2.05, 4.69) is 0 Å². The zero-order valence-corrected chi connectivity index (χ0v) is 9.88. The number of hydrogen-bond acceptors (Lipinski definition) is 1. The van der Waals surface area contributed by atoms with Gasteiger partial charge >= 0.3 is 0 Å². The summed E-state index contributed by atoms with van der Waals surface area (Å²) in [5.41, 5.74) is 0.156. The molecule has 1 aliphatic rings. The van der Waals surface area contributed by atoms with Crippen molar-refractivity contribution in [2.24, 2.45) is 0 Å². The van der Waals surface area contributed by atoms with Gasteiger partial charge in [-0.3, -0.25) is 4.79 Å². The molecule has 0 bridgehead atoms. The predicted octanol–water partition coefficient (Wildman–Crippen LogP) is 3.97. The molecule has 0 aliphatic heterocycles. The third-order valence-corrected chi connectivity index (χ3v) is 3.90. The molecular weight excluding hydrogens is 222 g/mol. The first-order chi connectivity index (χ1) is 7.99. The summed E-state index contributed by atoms with van der Waals surface area (Å²) in [6.45, 7) is 1.01. The van der Waals surface area contributed by atoms with Gasteiger partial charge in [0.25, 0.3) is 5.92 Å². The average molecular weight is 238 g/mol. The lowest BCUT2D eigenvalue weighted by Crippen LogP contribution is -2.40. The third kappa shape index (κ3) is 1.99. The number of aldehydes is 1. The Kier molecular flexibility index (Phi) is 3.02. The minimum atomic E-state index is -2.72. The molecule has 0 N–H and O–H groups in total. The summed E-state index contributed by atoms with van der Waals surface area (Å²) in [6.07, 6.45) is 3.47. The Hall–Kier alpha value is -1.25. The zero-order chi connectivity index (χ0) is 12.5. The van der Waals surface area contributed by atoms with E-state index in [1.165, 1.54) is 0 Å². The van der Waals surface area contributed by atoms with E-state index >= 15 is 0 Å². The van der Waals surface area contributed by atoms with Crippen LogP contribution >= 0.6 is 0 Å². The minimum Gasteiger partial charge on any atom is -0.298 e. The highest BCUT2D eigenvalue weighted by atomic mass is 19.3. The molecule has 3 heteroatoms. The molecule has 1 aromatic rings. The van der Waals surface area contributed by atoms with E-state index < -0.39 is 11.3 Å². The SMILES string of the molecule is CC(F)(F)C1(c2ccc(C=O)cc2)CCCC1. The molecule has 1 fully saturated rings. The van der Waals surface area contributed by atoms with Crippen LogP contribution in [0.4, 0.5) is 8.78 Å². The first kappa shape index (κ1) is 12.2. The molecule has 1 aromatic carbocycles. The van der Waals surface area contributed by atoms with Crippen molar-refractivity contribution in [2.75, 3.05) is 0 Å². The van der Waals surface area contributed by atoms with Crippen molar-refractivity contribution in [3.05, 3.63) is 35.4 Å². The van der Waals surface area contributed by atoms with Crippen LogP contribution in [0.1, 0.15) is 48.5 Å². The summed E-state index contributed by atoms with van der Waals surface area (Å²) in [4.78, 5) is 10.6. The minimum absolute atomic E-state index is 0.525. The first-order valence-electron chi connectivity index (χ1n) is 5.93. The molecule has 17 heavy (non-hydrogen) atoms. The van der Waals surface area contributed by atoms with Gasteiger partial charge in [-0.05, 0) is 18.4 Å². The number of carbonyl (C=O) groups is 1. The number of benzene rings is 1. The van der Waals surface area contributed by atoms with Crippen molar-refractivity contribution >= 4 is 6.29 Å². The highest BCUT2D eigenvalue weighted by Crippen LogP contribution is 2.51. The van der Waals surface area contributed by atoms with Crippen LogP contribution in [0, 0.1) is 0 Å². The van der Waals surface area contributed by atoms with Crippen molar-refractivity contribution in [1.82, 2.24) is 0 Å². The molecule has 0 unspecified atom stereocenters. The maximum Gasteiger partial charge on any atom is 0.254 e. The van der Waals surface area contributed by atoms with Crippen LogP contribution in [0.5, 0.6) is 0 Å². The van der Waals surface area contributed by atoms with Crippen LogP contribution in [-0.2, 0) is 5.41 Å². The van der Waals surface area contributed by atoms with Gasteiger partial charge in [-0.2, -0.15) is 0 Å². The molecule has 1 aliphatic carbocycles. The summed E-state index contributed by atoms with van der Waals surface area (Å²) < 4.78 is 27.8. The molecule has 92 valence electrons. The fourth-order valence-corrected chi connectivity index (χ4v) is 2.84. The summed E-state index contributed by atoms with van der Waals surface area (Å²) in [7, 11) is 0. The van der Waals surface area contributed by atoms with E-state index in [1.807, 2.05) is 0 Å². The summed E-state index contributed by atoms with van der Waals surface area (Å²) >= 11 is 0. The van der Waals surface area contributed by atoms with Crippen molar-refractivity contribution in [3.8, 4) is 0 Å². The summed E-state index contributed by atoms with van der Waals surface area (Å²) in [6, 6.07) is 6.58. The molecular formula is C14H16F2O. The number of rotatable bonds is 3. The lowest BCUT2D eigenvalue weighted by molar-refractivity contribution is -0.0599. The van der Waals surface area contributed by atoms with Crippen molar-refractivity contribution in [2.45, 2.75) is 43.9 Å². The van der Waals surface area contributed by atoms with E-state index in [1.54, 1.807) is 24.3 Å². The normalized spacial score (nSPS) is 19.2. The maximum absolute atomic E-state index is 13.9. The lowest BCUT2D eigenvalue weighted by atomic mass is 9.74. The quantitative estimate of drug-likeness (QED) is 0.728. The second-order valence-corrected chi connectivity index (χ2v) is 4.92. The van der Waals surface area contributed by atoms with Crippen molar-refractivity contribution < 1.29 is 13.6 Å². The smallest absolute Gasteiger partial charge is 0.254 e. The Morgan fingerprint density at radius 1 is 1.18 bits per heavy atom. The number of alkyl halides is 2. The lowest BCUT2D eigenvalue weighted by Gasteiger charge is -2.35. The molecule has 0 spiro atoms. The van der Waals surface area contributed by atoms with E-state index in [4.69, 9.17) is 0 Å². The third-order valence-electron chi connectivity index (χ3n) is 3.90. The standard InChI is InChI=1S/C14H16F2O/c1-13(15,16)14(8-2-3-9-14)12-6-4-11(10-17)5-7-12/h4-7,10H,2-3,8-9H2,1H3. The zero-order valence-electron chi connectivity index (χ0n) is 9.88. The van der Waals surface area contributed by atoms with Gasteiger partial charge in [-0.1, -0.05) is 37.1 Å². The second kappa shape index (κ2) is 4.21. The molecule has 0 amide bonds. The molecule has 2 rings (SSSR count). The van der Waals surface area contributed by atoms with Gasteiger partial charge in [-0.15, -0.1) is 0 Å². The average Bonchev–Trinajstić information content (AvgIpc) is 2.79. The van der Waals surface area contributed by atoms with Gasteiger partial charge in [0.15, 0.2) is 0 Å². The van der Waals surface area contributed by atoms with Gasteiger partial charge in [0.2, 0.25) is 0 Å². The topological polar surface area (TPSA) is 17.1 Å². The molecule has 1 saturated carbocycles. The monoisotopic (exact) mass is 238 g/mol. The van der Waals surface area contributed by atoms with Crippen LogP contribution in [0.3, 0.4) is 0 Å². The Morgan fingerprint density at radius 2 is 1.71 bits per heavy atom. The van der Waals surface area contributed by atoms with Gasteiger partial charge in [0.1, 0.15) is 6.29 Å². The Labute approximate surface area is 99.8 Å². The van der Waals surface area contributed by atoms with E-state index in [0.717, 1.165) is 26.1 Å². The van der Waals surface area contributed by atoms with Crippen molar-refractivity contribution in [1.29, 1.82) is 0 Å². The molecule has 0 saturated heterocycles. The largest absolute Gasteiger partial charge is 0.298 e. The molecule has 0 aromatic heterocycles. The van der Waals surface area contributed by atoms with Crippen LogP contribution in [-0.4, -0.2) is 12.2 Å². The van der Waals surface area contributed by atoms with Gasteiger partial charge in [-0.25, -0.2) is 8.78 Å². The highest BCUT2D eigenvalue weighted by molar-refractivity contribution is 5.74. The van der Waals surface area contributed by atoms with Crippen LogP contribution in [0.15, 0.2) is 24.3 Å². The maximum atomic E-state index is 13.9. The van der Waals surface area contributed by atoms with Crippen LogP contribution in [0.2, 0.25) is 0 Å².